The number of thiophene rings is 1. The number of nitro benzene ring substituents is 1. The van der Waals surface area contributed by atoms with E-state index in [2.05, 4.69) is 0 Å². The lowest BCUT2D eigenvalue weighted by Crippen LogP contribution is -2.02. The van der Waals surface area contributed by atoms with Crippen molar-refractivity contribution in [1.29, 1.82) is 0 Å². The van der Waals surface area contributed by atoms with Gasteiger partial charge in [-0.05, 0) is 28.5 Å². The van der Waals surface area contributed by atoms with Gasteiger partial charge >= 0.3 is 0 Å². The number of benzene rings is 1. The highest BCUT2D eigenvalue weighted by atomic mass is 32.1. The minimum atomic E-state index is -0.937. The topological polar surface area (TPSA) is 63.4 Å². The van der Waals surface area contributed by atoms with Crippen molar-refractivity contribution in [3.8, 4) is 0 Å². The fourth-order valence-corrected chi connectivity index (χ4v) is 2.17. The predicted octanol–water partition coefficient (Wildman–Crippen LogP) is 2.74. The molecule has 0 unspecified atom stereocenters. The average molecular weight is 235 g/mol. The molecule has 2 rings (SSSR count). The minimum Gasteiger partial charge on any atom is -0.383 e. The molecular formula is C11H9NO3S. The molecule has 0 saturated carbocycles. The Morgan fingerprint density at radius 2 is 2.06 bits per heavy atom. The smallest absolute Gasteiger partial charge is 0.275 e. The Hall–Kier alpha value is -1.72. The van der Waals surface area contributed by atoms with E-state index in [-0.39, 0.29) is 5.69 Å². The summed E-state index contributed by atoms with van der Waals surface area (Å²) in [5, 5.41) is 24.4. The quantitative estimate of drug-likeness (QED) is 0.657. The molecule has 1 aromatic carbocycles. The maximum Gasteiger partial charge on any atom is 0.275 e. The summed E-state index contributed by atoms with van der Waals surface area (Å²) in [5.41, 5.74) is 0.950. The van der Waals surface area contributed by atoms with E-state index in [9.17, 15) is 15.2 Å². The van der Waals surface area contributed by atoms with E-state index < -0.39 is 11.0 Å². The Bertz CT molecular complexity index is 496. The highest BCUT2D eigenvalue weighted by Crippen LogP contribution is 2.30. The molecular weight excluding hydrogens is 226 g/mol. The molecule has 0 aliphatic carbocycles. The van der Waals surface area contributed by atoms with Crippen molar-refractivity contribution in [1.82, 2.24) is 0 Å². The van der Waals surface area contributed by atoms with Gasteiger partial charge in [-0.3, -0.25) is 10.1 Å². The highest BCUT2D eigenvalue weighted by Gasteiger charge is 2.20. The molecule has 0 aliphatic heterocycles. The zero-order chi connectivity index (χ0) is 11.5. The van der Waals surface area contributed by atoms with Crippen LogP contribution in [0.1, 0.15) is 17.2 Å². The number of hydrogen-bond donors (Lipinski definition) is 1. The monoisotopic (exact) mass is 235 g/mol. The van der Waals surface area contributed by atoms with Crippen molar-refractivity contribution in [3.05, 3.63) is 62.3 Å². The van der Waals surface area contributed by atoms with Gasteiger partial charge in [0.1, 0.15) is 6.10 Å². The summed E-state index contributed by atoms with van der Waals surface area (Å²) in [6.07, 6.45) is -0.937. The molecule has 1 aromatic heterocycles. The van der Waals surface area contributed by atoms with Crippen molar-refractivity contribution in [2.45, 2.75) is 6.10 Å². The number of aliphatic hydroxyl groups excluding tert-OH is 1. The summed E-state index contributed by atoms with van der Waals surface area (Å²) in [4.78, 5) is 10.3. The third-order valence-electron chi connectivity index (χ3n) is 2.29. The Kier molecular flexibility index (Phi) is 2.98. The van der Waals surface area contributed by atoms with Crippen LogP contribution in [-0.4, -0.2) is 10.0 Å². The number of nitrogens with zero attached hydrogens (tertiary/aromatic N) is 1. The van der Waals surface area contributed by atoms with Crippen molar-refractivity contribution in [2.75, 3.05) is 0 Å². The summed E-state index contributed by atoms with van der Waals surface area (Å²) in [5.74, 6) is 0. The lowest BCUT2D eigenvalue weighted by Gasteiger charge is -2.09. The van der Waals surface area contributed by atoms with Crippen molar-refractivity contribution >= 4 is 17.0 Å². The molecule has 1 heterocycles. The number of nitro groups is 1. The second kappa shape index (κ2) is 4.42. The standard InChI is InChI=1S/C11H9NO3S/c13-11(8-5-6-16-7-8)9-3-1-2-4-10(9)12(14)15/h1-7,11,13H/t11-/m0/s1. The van der Waals surface area contributed by atoms with E-state index in [1.807, 2.05) is 5.38 Å². The zero-order valence-corrected chi connectivity index (χ0v) is 9.05. The van der Waals surface area contributed by atoms with Gasteiger partial charge in [0.05, 0.1) is 10.5 Å². The van der Waals surface area contributed by atoms with Crippen LogP contribution in [0.4, 0.5) is 5.69 Å². The van der Waals surface area contributed by atoms with Gasteiger partial charge in [0.15, 0.2) is 0 Å². The molecule has 16 heavy (non-hydrogen) atoms. The molecule has 0 bridgehead atoms. The van der Waals surface area contributed by atoms with Gasteiger partial charge in [0.25, 0.3) is 5.69 Å². The third-order valence-corrected chi connectivity index (χ3v) is 2.99. The number of para-hydroxylation sites is 1. The molecule has 1 atom stereocenters. The molecule has 0 radical (unpaired) electrons. The fourth-order valence-electron chi connectivity index (χ4n) is 1.50. The van der Waals surface area contributed by atoms with Crippen LogP contribution in [-0.2, 0) is 0 Å². The molecule has 1 N–H and O–H groups in total. The van der Waals surface area contributed by atoms with Gasteiger partial charge in [0.2, 0.25) is 0 Å². The molecule has 0 amide bonds. The first-order valence-corrected chi connectivity index (χ1v) is 5.58. The van der Waals surface area contributed by atoms with E-state index in [1.165, 1.54) is 17.4 Å². The second-order valence-electron chi connectivity index (χ2n) is 3.28. The Morgan fingerprint density at radius 3 is 2.69 bits per heavy atom. The van der Waals surface area contributed by atoms with Crippen LogP contribution in [0, 0.1) is 10.1 Å². The van der Waals surface area contributed by atoms with Gasteiger partial charge in [-0.2, -0.15) is 11.3 Å². The molecule has 0 aliphatic rings. The van der Waals surface area contributed by atoms with E-state index in [1.54, 1.807) is 29.6 Å². The molecule has 5 heteroatoms. The van der Waals surface area contributed by atoms with Crippen molar-refractivity contribution in [3.63, 3.8) is 0 Å². The summed E-state index contributed by atoms with van der Waals surface area (Å²) in [6, 6.07) is 7.98. The van der Waals surface area contributed by atoms with Gasteiger partial charge in [-0.15, -0.1) is 0 Å². The van der Waals surface area contributed by atoms with Gasteiger partial charge < -0.3 is 5.11 Å². The van der Waals surface area contributed by atoms with Crippen LogP contribution in [0.3, 0.4) is 0 Å². The van der Waals surface area contributed by atoms with E-state index in [4.69, 9.17) is 0 Å². The molecule has 4 nitrogen and oxygen atoms in total. The molecule has 2 aromatic rings. The average Bonchev–Trinajstić information content (AvgIpc) is 2.81. The molecule has 0 spiro atoms. The Balaban J connectivity index is 2.44. The van der Waals surface area contributed by atoms with Crippen molar-refractivity contribution < 1.29 is 10.0 Å². The normalized spacial score (nSPS) is 12.3. The molecule has 82 valence electrons. The lowest BCUT2D eigenvalue weighted by molar-refractivity contribution is -0.386. The number of hydrogen-bond acceptors (Lipinski definition) is 4. The lowest BCUT2D eigenvalue weighted by atomic mass is 10.0. The number of aliphatic hydroxyl groups is 1. The first-order valence-electron chi connectivity index (χ1n) is 4.63. The summed E-state index contributed by atoms with van der Waals surface area (Å²) in [7, 11) is 0. The maximum atomic E-state index is 10.8. The van der Waals surface area contributed by atoms with Gasteiger partial charge in [0, 0.05) is 6.07 Å². The van der Waals surface area contributed by atoms with Crippen LogP contribution >= 0.6 is 11.3 Å². The van der Waals surface area contributed by atoms with E-state index in [0.717, 1.165) is 0 Å². The highest BCUT2D eigenvalue weighted by molar-refractivity contribution is 7.07. The summed E-state index contributed by atoms with van der Waals surface area (Å²) >= 11 is 1.45. The van der Waals surface area contributed by atoms with Crippen molar-refractivity contribution in [2.24, 2.45) is 0 Å². The summed E-state index contributed by atoms with van der Waals surface area (Å²) in [6.45, 7) is 0. The van der Waals surface area contributed by atoms with Crippen LogP contribution in [0.2, 0.25) is 0 Å². The van der Waals surface area contributed by atoms with Gasteiger partial charge in [-0.1, -0.05) is 12.1 Å². The first-order chi connectivity index (χ1) is 7.70. The van der Waals surface area contributed by atoms with E-state index in [0.29, 0.717) is 11.1 Å². The summed E-state index contributed by atoms with van der Waals surface area (Å²) < 4.78 is 0. The SMILES string of the molecule is O=[N+]([O-])c1ccccc1[C@@H](O)c1ccsc1. The van der Waals surface area contributed by atoms with Crippen LogP contribution in [0.15, 0.2) is 41.1 Å². The minimum absolute atomic E-state index is 0.0544. The Labute approximate surface area is 95.9 Å². The van der Waals surface area contributed by atoms with E-state index >= 15 is 0 Å². The first kappa shape index (κ1) is 10.8. The van der Waals surface area contributed by atoms with Crippen LogP contribution < -0.4 is 0 Å². The van der Waals surface area contributed by atoms with Gasteiger partial charge in [-0.25, -0.2) is 0 Å². The van der Waals surface area contributed by atoms with Crippen LogP contribution in [0.25, 0.3) is 0 Å². The second-order valence-corrected chi connectivity index (χ2v) is 4.06. The molecule has 0 saturated heterocycles. The van der Waals surface area contributed by atoms with Crippen LogP contribution in [0.5, 0.6) is 0 Å². The molecule has 0 fully saturated rings. The Morgan fingerprint density at radius 1 is 1.31 bits per heavy atom. The maximum absolute atomic E-state index is 10.8. The zero-order valence-electron chi connectivity index (χ0n) is 8.24. The largest absolute Gasteiger partial charge is 0.383 e. The number of rotatable bonds is 3. The predicted molar refractivity (Wildman–Crippen MR) is 61.5 cm³/mol. The fraction of sp³-hybridized carbons (Fsp3) is 0.0909. The third kappa shape index (κ3) is 1.95.